The van der Waals surface area contributed by atoms with E-state index in [-0.39, 0.29) is 0 Å². The summed E-state index contributed by atoms with van der Waals surface area (Å²) in [6, 6.07) is 17.7. The molecule has 0 unspecified atom stereocenters. The van der Waals surface area contributed by atoms with Crippen LogP contribution in [0.25, 0.3) is 10.8 Å². The van der Waals surface area contributed by atoms with Crippen molar-refractivity contribution in [3.63, 3.8) is 0 Å². The zero-order chi connectivity index (χ0) is 15.5. The first kappa shape index (κ1) is 13.2. The number of rotatable bonds is 4. The lowest BCUT2D eigenvalue weighted by Crippen LogP contribution is -2.01. The molecule has 112 valence electrons. The highest BCUT2D eigenvalue weighted by atomic mass is 16.3. The standard InChI is InChI=1S/C16H12N6O/c1-2-8-14-12(5-1)6-3-9-15(14)18-16-19-20-21-22(16)17-11-13-7-4-10-23-13/h1-11H,(H,18,19,21). The molecule has 7 nitrogen and oxygen atoms in total. The quantitative estimate of drug-likeness (QED) is 0.586. The molecule has 2 aromatic carbocycles. The molecule has 4 aromatic rings. The molecule has 2 heterocycles. The van der Waals surface area contributed by atoms with Crippen molar-refractivity contribution in [1.29, 1.82) is 0 Å². The summed E-state index contributed by atoms with van der Waals surface area (Å²) in [7, 11) is 0. The van der Waals surface area contributed by atoms with E-state index < -0.39 is 0 Å². The normalized spacial score (nSPS) is 11.3. The molecule has 0 saturated heterocycles. The monoisotopic (exact) mass is 304 g/mol. The van der Waals surface area contributed by atoms with Gasteiger partial charge in [0.1, 0.15) is 5.76 Å². The van der Waals surface area contributed by atoms with Crippen molar-refractivity contribution >= 4 is 28.6 Å². The lowest BCUT2D eigenvalue weighted by molar-refractivity contribution is 0.558. The van der Waals surface area contributed by atoms with Crippen LogP contribution in [0, 0.1) is 0 Å². The number of hydrogen-bond donors (Lipinski definition) is 1. The first-order valence-electron chi connectivity index (χ1n) is 7.01. The molecule has 0 saturated carbocycles. The molecule has 0 aliphatic heterocycles. The van der Waals surface area contributed by atoms with Crippen LogP contribution in [0.5, 0.6) is 0 Å². The molecule has 0 fully saturated rings. The smallest absolute Gasteiger partial charge is 0.269 e. The zero-order valence-electron chi connectivity index (χ0n) is 12.0. The van der Waals surface area contributed by atoms with Gasteiger partial charge in [-0.15, -0.1) is 0 Å². The highest BCUT2D eigenvalue weighted by Gasteiger charge is 2.07. The Morgan fingerprint density at radius 1 is 1.04 bits per heavy atom. The second-order valence-corrected chi connectivity index (χ2v) is 4.80. The van der Waals surface area contributed by atoms with Crippen LogP contribution in [-0.2, 0) is 0 Å². The minimum absolute atomic E-state index is 0.421. The molecule has 0 atom stereocenters. The number of nitrogens with one attached hydrogen (secondary N) is 1. The lowest BCUT2D eigenvalue weighted by Gasteiger charge is -2.07. The largest absolute Gasteiger partial charge is 0.463 e. The van der Waals surface area contributed by atoms with Crippen molar-refractivity contribution in [2.75, 3.05) is 5.32 Å². The van der Waals surface area contributed by atoms with Crippen molar-refractivity contribution in [2.24, 2.45) is 5.10 Å². The van der Waals surface area contributed by atoms with Gasteiger partial charge in [0.15, 0.2) is 0 Å². The van der Waals surface area contributed by atoms with E-state index in [0.717, 1.165) is 16.5 Å². The van der Waals surface area contributed by atoms with Gasteiger partial charge in [-0.25, -0.2) is 0 Å². The van der Waals surface area contributed by atoms with Gasteiger partial charge in [0.25, 0.3) is 5.95 Å². The Morgan fingerprint density at radius 3 is 2.87 bits per heavy atom. The van der Waals surface area contributed by atoms with E-state index in [2.05, 4.69) is 38.1 Å². The summed E-state index contributed by atoms with van der Waals surface area (Å²) in [6.07, 6.45) is 3.13. The molecule has 1 N–H and O–H groups in total. The van der Waals surface area contributed by atoms with Crippen LogP contribution in [0.15, 0.2) is 70.4 Å². The Labute approximate surface area is 131 Å². The maximum absolute atomic E-state index is 5.20. The molecule has 0 radical (unpaired) electrons. The fraction of sp³-hybridized carbons (Fsp3) is 0. The molecular formula is C16H12N6O. The van der Waals surface area contributed by atoms with Crippen LogP contribution in [0.3, 0.4) is 0 Å². The van der Waals surface area contributed by atoms with Crippen LogP contribution in [-0.4, -0.2) is 26.5 Å². The van der Waals surface area contributed by atoms with Crippen molar-refractivity contribution in [3.8, 4) is 0 Å². The fourth-order valence-electron chi connectivity index (χ4n) is 2.27. The minimum atomic E-state index is 0.421. The first-order chi connectivity index (χ1) is 11.4. The minimum Gasteiger partial charge on any atom is -0.463 e. The van der Waals surface area contributed by atoms with Gasteiger partial charge in [-0.2, -0.15) is 5.10 Å². The molecule has 0 bridgehead atoms. The summed E-state index contributed by atoms with van der Waals surface area (Å²) in [5, 5.41) is 21.1. The highest BCUT2D eigenvalue weighted by molar-refractivity contribution is 5.94. The van der Waals surface area contributed by atoms with E-state index in [4.69, 9.17) is 4.42 Å². The summed E-state index contributed by atoms with van der Waals surface area (Å²) in [5.41, 5.74) is 0.910. The molecule has 0 amide bonds. The predicted molar refractivity (Wildman–Crippen MR) is 86.7 cm³/mol. The van der Waals surface area contributed by atoms with E-state index in [0.29, 0.717) is 11.7 Å². The van der Waals surface area contributed by atoms with Crippen LogP contribution >= 0.6 is 0 Å². The zero-order valence-corrected chi connectivity index (χ0v) is 12.0. The van der Waals surface area contributed by atoms with E-state index in [1.54, 1.807) is 24.6 Å². The SMILES string of the molecule is C(=Nn1nnnc1Nc1cccc2ccccc12)c1ccco1. The second kappa shape index (κ2) is 5.72. The summed E-state index contributed by atoms with van der Waals surface area (Å²) in [6.45, 7) is 0. The van der Waals surface area contributed by atoms with Crippen molar-refractivity contribution < 1.29 is 4.42 Å². The van der Waals surface area contributed by atoms with Gasteiger partial charge in [-0.1, -0.05) is 46.3 Å². The van der Waals surface area contributed by atoms with Crippen LogP contribution in [0.1, 0.15) is 5.76 Å². The molecular weight excluding hydrogens is 292 g/mol. The van der Waals surface area contributed by atoms with Gasteiger partial charge in [-0.05, 0) is 34.0 Å². The van der Waals surface area contributed by atoms with Crippen molar-refractivity contribution in [1.82, 2.24) is 20.3 Å². The van der Waals surface area contributed by atoms with Crippen LogP contribution < -0.4 is 5.32 Å². The number of benzene rings is 2. The van der Waals surface area contributed by atoms with Gasteiger partial charge >= 0.3 is 0 Å². The van der Waals surface area contributed by atoms with Crippen LogP contribution in [0.2, 0.25) is 0 Å². The van der Waals surface area contributed by atoms with E-state index >= 15 is 0 Å². The molecule has 7 heteroatoms. The molecule has 4 rings (SSSR count). The van der Waals surface area contributed by atoms with Crippen LogP contribution in [0.4, 0.5) is 11.6 Å². The van der Waals surface area contributed by atoms with Gasteiger partial charge in [-0.3, -0.25) is 0 Å². The predicted octanol–water partition coefficient (Wildman–Crippen LogP) is 3.05. The Hall–Kier alpha value is -3.48. The Kier molecular flexibility index (Phi) is 3.28. The van der Waals surface area contributed by atoms with Gasteiger partial charge in [0, 0.05) is 11.1 Å². The summed E-state index contributed by atoms with van der Waals surface area (Å²) in [5.74, 6) is 1.04. The van der Waals surface area contributed by atoms with Gasteiger partial charge in [0.2, 0.25) is 0 Å². The van der Waals surface area contributed by atoms with Gasteiger partial charge < -0.3 is 9.73 Å². The number of nitrogens with zero attached hydrogens (tertiary/aromatic N) is 5. The maximum Gasteiger partial charge on any atom is 0.269 e. The number of fused-ring (bicyclic) bond motifs is 1. The third kappa shape index (κ3) is 2.67. The molecule has 0 spiro atoms. The molecule has 0 aliphatic rings. The molecule has 2 aromatic heterocycles. The summed E-state index contributed by atoms with van der Waals surface area (Å²) in [4.78, 5) is 1.31. The molecule has 0 aliphatic carbocycles. The van der Waals surface area contributed by atoms with E-state index in [1.165, 1.54) is 4.79 Å². The average molecular weight is 304 g/mol. The number of aromatic nitrogens is 4. The third-order valence-corrected chi connectivity index (χ3v) is 3.33. The first-order valence-corrected chi connectivity index (χ1v) is 7.01. The maximum atomic E-state index is 5.20. The number of hydrogen-bond acceptors (Lipinski definition) is 6. The number of tetrazole rings is 1. The Bertz CT molecular complexity index is 952. The van der Waals surface area contributed by atoms with Crippen molar-refractivity contribution in [3.05, 3.63) is 66.6 Å². The van der Waals surface area contributed by atoms with Gasteiger partial charge in [0.05, 0.1) is 12.5 Å². The summed E-state index contributed by atoms with van der Waals surface area (Å²) >= 11 is 0. The lowest BCUT2D eigenvalue weighted by atomic mass is 10.1. The van der Waals surface area contributed by atoms with E-state index in [1.807, 2.05) is 30.3 Å². The fourth-order valence-corrected chi connectivity index (χ4v) is 2.27. The highest BCUT2D eigenvalue weighted by Crippen LogP contribution is 2.25. The number of anilines is 2. The van der Waals surface area contributed by atoms with Crippen molar-refractivity contribution in [2.45, 2.75) is 0 Å². The average Bonchev–Trinajstić information content (AvgIpc) is 3.25. The Morgan fingerprint density at radius 2 is 1.96 bits per heavy atom. The second-order valence-electron chi connectivity index (χ2n) is 4.80. The topological polar surface area (TPSA) is 81.1 Å². The molecule has 23 heavy (non-hydrogen) atoms. The number of furan rings is 1. The van der Waals surface area contributed by atoms with E-state index in [9.17, 15) is 0 Å². The third-order valence-electron chi connectivity index (χ3n) is 3.33. The summed E-state index contributed by atoms with van der Waals surface area (Å²) < 4.78 is 5.20. The Balaban J connectivity index is 1.66.